The van der Waals surface area contributed by atoms with E-state index in [4.69, 9.17) is 4.74 Å². The lowest BCUT2D eigenvalue weighted by Crippen LogP contribution is -1.94. The van der Waals surface area contributed by atoms with E-state index in [-0.39, 0.29) is 0 Å². The quantitative estimate of drug-likeness (QED) is 0.759. The second-order valence-corrected chi connectivity index (χ2v) is 4.34. The van der Waals surface area contributed by atoms with Crippen LogP contribution in [-0.4, -0.2) is 9.97 Å². The van der Waals surface area contributed by atoms with Gasteiger partial charge in [-0.3, -0.25) is 4.98 Å². The third-order valence-corrected chi connectivity index (χ3v) is 2.95. The van der Waals surface area contributed by atoms with Crippen LogP contribution in [0.1, 0.15) is 11.1 Å². The second kappa shape index (κ2) is 4.53. The van der Waals surface area contributed by atoms with Gasteiger partial charge in [0.2, 0.25) is 0 Å². The average Bonchev–Trinajstić information content (AvgIpc) is 2.80. The molecular weight excluding hydrogens is 224 g/mol. The molecule has 0 fully saturated rings. The minimum atomic E-state index is 0.550. The highest BCUT2D eigenvalue weighted by atomic mass is 16.5. The fourth-order valence-electron chi connectivity index (χ4n) is 2.01. The molecule has 1 N–H and O–H groups in total. The van der Waals surface area contributed by atoms with E-state index in [1.54, 1.807) is 12.4 Å². The van der Waals surface area contributed by atoms with Gasteiger partial charge in [-0.2, -0.15) is 0 Å². The SMILES string of the molecule is Cc1ccc2c(COc3cccnc3)c[nH]c2c1. The molecule has 3 rings (SSSR count). The van der Waals surface area contributed by atoms with Gasteiger partial charge < -0.3 is 9.72 Å². The summed E-state index contributed by atoms with van der Waals surface area (Å²) in [6.07, 6.45) is 5.46. The van der Waals surface area contributed by atoms with Crippen LogP contribution in [0.15, 0.2) is 48.9 Å². The Hall–Kier alpha value is -2.29. The summed E-state index contributed by atoms with van der Waals surface area (Å²) in [5.41, 5.74) is 3.57. The minimum Gasteiger partial charge on any atom is -0.487 e. The van der Waals surface area contributed by atoms with Crippen molar-refractivity contribution in [2.75, 3.05) is 0 Å². The predicted molar refractivity (Wildman–Crippen MR) is 71.6 cm³/mol. The molecule has 2 heterocycles. The van der Waals surface area contributed by atoms with E-state index in [9.17, 15) is 0 Å². The zero-order valence-electron chi connectivity index (χ0n) is 10.2. The Morgan fingerprint density at radius 2 is 2.22 bits per heavy atom. The summed E-state index contributed by atoms with van der Waals surface area (Å²) in [5.74, 6) is 0.791. The first-order valence-corrected chi connectivity index (χ1v) is 5.92. The van der Waals surface area contributed by atoms with Crippen LogP contribution in [0.3, 0.4) is 0 Å². The molecule has 0 saturated carbocycles. The van der Waals surface area contributed by atoms with Gasteiger partial charge in [0.1, 0.15) is 12.4 Å². The highest BCUT2D eigenvalue weighted by Crippen LogP contribution is 2.21. The molecule has 3 nitrogen and oxygen atoms in total. The number of hydrogen-bond donors (Lipinski definition) is 1. The molecule has 90 valence electrons. The van der Waals surface area contributed by atoms with Gasteiger partial charge in [-0.25, -0.2) is 0 Å². The lowest BCUT2D eigenvalue weighted by Gasteiger charge is -2.04. The van der Waals surface area contributed by atoms with Crippen LogP contribution in [0.25, 0.3) is 10.9 Å². The summed E-state index contributed by atoms with van der Waals surface area (Å²) in [6.45, 7) is 2.64. The molecule has 2 aromatic heterocycles. The first-order valence-electron chi connectivity index (χ1n) is 5.92. The predicted octanol–water partition coefficient (Wildman–Crippen LogP) is 3.45. The smallest absolute Gasteiger partial charge is 0.138 e. The first-order chi connectivity index (χ1) is 8.83. The lowest BCUT2D eigenvalue weighted by molar-refractivity contribution is 0.306. The van der Waals surface area contributed by atoms with Crippen molar-refractivity contribution in [2.24, 2.45) is 0 Å². The number of aryl methyl sites for hydroxylation is 1. The van der Waals surface area contributed by atoms with Crippen LogP contribution in [0.2, 0.25) is 0 Å². The number of aromatic amines is 1. The number of benzene rings is 1. The maximum atomic E-state index is 5.71. The molecular formula is C15H14N2O. The summed E-state index contributed by atoms with van der Waals surface area (Å²) in [5, 5.41) is 1.21. The van der Waals surface area contributed by atoms with Crippen LogP contribution in [-0.2, 0) is 6.61 Å². The summed E-state index contributed by atoms with van der Waals surface area (Å²) in [4.78, 5) is 7.30. The summed E-state index contributed by atoms with van der Waals surface area (Å²) >= 11 is 0. The number of rotatable bonds is 3. The van der Waals surface area contributed by atoms with Crippen molar-refractivity contribution >= 4 is 10.9 Å². The van der Waals surface area contributed by atoms with E-state index >= 15 is 0 Å². The number of fused-ring (bicyclic) bond motifs is 1. The fourth-order valence-corrected chi connectivity index (χ4v) is 2.01. The van der Waals surface area contributed by atoms with Crippen molar-refractivity contribution in [2.45, 2.75) is 13.5 Å². The monoisotopic (exact) mass is 238 g/mol. The van der Waals surface area contributed by atoms with E-state index in [0.717, 1.165) is 16.8 Å². The molecule has 0 radical (unpaired) electrons. The second-order valence-electron chi connectivity index (χ2n) is 4.34. The Labute approximate surface area is 105 Å². The standard InChI is InChI=1S/C15H14N2O/c1-11-4-5-14-12(8-17-15(14)7-11)10-18-13-3-2-6-16-9-13/h2-9,17H,10H2,1H3. The first kappa shape index (κ1) is 10.8. The Kier molecular flexibility index (Phi) is 2.73. The summed E-state index contributed by atoms with van der Waals surface area (Å²) in [7, 11) is 0. The number of hydrogen-bond acceptors (Lipinski definition) is 2. The molecule has 0 aliphatic heterocycles. The fraction of sp³-hybridized carbons (Fsp3) is 0.133. The molecule has 0 saturated heterocycles. The van der Waals surface area contributed by atoms with Gasteiger partial charge in [0.15, 0.2) is 0 Å². The largest absolute Gasteiger partial charge is 0.487 e. The molecule has 18 heavy (non-hydrogen) atoms. The summed E-state index contributed by atoms with van der Waals surface area (Å²) in [6, 6.07) is 10.2. The number of nitrogens with zero attached hydrogens (tertiary/aromatic N) is 1. The number of H-pyrrole nitrogens is 1. The lowest BCUT2D eigenvalue weighted by atomic mass is 10.1. The zero-order valence-corrected chi connectivity index (χ0v) is 10.2. The van der Waals surface area contributed by atoms with Crippen molar-refractivity contribution < 1.29 is 4.74 Å². The van der Waals surface area contributed by atoms with Gasteiger partial charge in [-0.05, 0) is 30.7 Å². The van der Waals surface area contributed by atoms with Gasteiger partial charge in [0, 0.05) is 28.9 Å². The molecule has 0 aliphatic rings. The van der Waals surface area contributed by atoms with Crippen molar-refractivity contribution in [1.82, 2.24) is 9.97 Å². The molecule has 0 atom stereocenters. The van der Waals surface area contributed by atoms with E-state index in [1.807, 2.05) is 18.3 Å². The third kappa shape index (κ3) is 2.07. The van der Waals surface area contributed by atoms with Gasteiger partial charge in [-0.1, -0.05) is 12.1 Å². The normalized spacial score (nSPS) is 10.7. The molecule has 3 heteroatoms. The minimum absolute atomic E-state index is 0.550. The average molecular weight is 238 g/mol. The van der Waals surface area contributed by atoms with Crippen LogP contribution in [0.5, 0.6) is 5.75 Å². The van der Waals surface area contributed by atoms with E-state index < -0.39 is 0 Å². The van der Waals surface area contributed by atoms with Crippen molar-refractivity contribution in [3.63, 3.8) is 0 Å². The number of pyridine rings is 1. The van der Waals surface area contributed by atoms with Gasteiger partial charge in [0.25, 0.3) is 0 Å². The van der Waals surface area contributed by atoms with Crippen LogP contribution < -0.4 is 4.74 Å². The maximum Gasteiger partial charge on any atom is 0.138 e. The molecule has 0 spiro atoms. The Bertz CT molecular complexity index is 659. The summed E-state index contributed by atoms with van der Waals surface area (Å²) < 4.78 is 5.71. The number of ether oxygens (including phenoxy) is 1. The van der Waals surface area contributed by atoms with Crippen molar-refractivity contribution in [3.05, 3.63) is 60.0 Å². The molecule has 0 aliphatic carbocycles. The van der Waals surface area contributed by atoms with E-state index in [2.05, 4.69) is 35.1 Å². The number of nitrogens with one attached hydrogen (secondary N) is 1. The topological polar surface area (TPSA) is 37.9 Å². The highest BCUT2D eigenvalue weighted by Gasteiger charge is 2.04. The van der Waals surface area contributed by atoms with Crippen LogP contribution in [0.4, 0.5) is 0 Å². The van der Waals surface area contributed by atoms with Crippen LogP contribution in [0, 0.1) is 6.92 Å². The zero-order chi connectivity index (χ0) is 12.4. The van der Waals surface area contributed by atoms with E-state index in [1.165, 1.54) is 10.9 Å². The van der Waals surface area contributed by atoms with Gasteiger partial charge in [-0.15, -0.1) is 0 Å². The number of aromatic nitrogens is 2. The molecule has 0 amide bonds. The van der Waals surface area contributed by atoms with Crippen molar-refractivity contribution in [3.8, 4) is 5.75 Å². The van der Waals surface area contributed by atoms with Crippen LogP contribution >= 0.6 is 0 Å². The van der Waals surface area contributed by atoms with Gasteiger partial charge >= 0.3 is 0 Å². The maximum absolute atomic E-state index is 5.71. The van der Waals surface area contributed by atoms with Gasteiger partial charge in [0.05, 0.1) is 6.20 Å². The molecule has 0 bridgehead atoms. The molecule has 0 unspecified atom stereocenters. The van der Waals surface area contributed by atoms with E-state index in [0.29, 0.717) is 6.61 Å². The van der Waals surface area contributed by atoms with Crippen molar-refractivity contribution in [1.29, 1.82) is 0 Å². The molecule has 1 aromatic carbocycles. The highest BCUT2D eigenvalue weighted by molar-refractivity contribution is 5.83. The Morgan fingerprint density at radius 1 is 1.28 bits per heavy atom. The Morgan fingerprint density at radius 3 is 3.06 bits per heavy atom. The Balaban J connectivity index is 1.83. The molecule has 3 aromatic rings. The third-order valence-electron chi connectivity index (χ3n) is 2.95.